The Morgan fingerprint density at radius 2 is 1.80 bits per heavy atom. The highest BCUT2D eigenvalue weighted by Crippen LogP contribution is 2.34. The molecule has 0 aromatic heterocycles. The van der Waals surface area contributed by atoms with Crippen molar-refractivity contribution in [2.45, 2.75) is 70.2 Å². The van der Waals surface area contributed by atoms with E-state index < -0.39 is 0 Å². The minimum atomic E-state index is -0.112. The number of morpholine rings is 1. The Morgan fingerprint density at radius 3 is 2.54 bits per heavy atom. The van der Waals surface area contributed by atoms with Crippen LogP contribution in [0.25, 0.3) is 6.08 Å². The van der Waals surface area contributed by atoms with Gasteiger partial charge in [-0.2, -0.15) is 0 Å². The van der Waals surface area contributed by atoms with Crippen LogP contribution in [0.5, 0.6) is 0 Å². The van der Waals surface area contributed by atoms with Crippen molar-refractivity contribution >= 4 is 17.9 Å². The van der Waals surface area contributed by atoms with Crippen molar-refractivity contribution in [1.29, 1.82) is 0 Å². The predicted octanol–water partition coefficient (Wildman–Crippen LogP) is 4.61. The molecule has 0 spiro atoms. The average Bonchev–Trinajstić information content (AvgIpc) is 3.40. The number of carbonyl (C=O) groups excluding carboxylic acids is 2. The highest BCUT2D eigenvalue weighted by Gasteiger charge is 2.41. The number of rotatable bonds is 6. The quantitative estimate of drug-likeness (QED) is 0.621. The Balaban J connectivity index is 1.29. The summed E-state index contributed by atoms with van der Waals surface area (Å²) in [5.74, 6) is 0.210. The van der Waals surface area contributed by atoms with E-state index in [9.17, 15) is 9.59 Å². The number of carbonyl (C=O) groups is 2. The monoisotopic (exact) mass is 474 g/mol. The zero-order valence-corrected chi connectivity index (χ0v) is 20.4. The van der Waals surface area contributed by atoms with Crippen LogP contribution in [0.2, 0.25) is 0 Å². The molecule has 5 rings (SSSR count). The van der Waals surface area contributed by atoms with E-state index in [1.54, 1.807) is 12.1 Å². The summed E-state index contributed by atoms with van der Waals surface area (Å²) in [6.45, 7) is 3.96. The van der Waals surface area contributed by atoms with E-state index in [-0.39, 0.29) is 30.1 Å². The second-order valence-corrected chi connectivity index (χ2v) is 9.90. The van der Waals surface area contributed by atoms with Gasteiger partial charge in [-0.1, -0.05) is 48.4 Å². The van der Waals surface area contributed by atoms with Crippen molar-refractivity contribution in [1.82, 2.24) is 10.2 Å². The molecule has 35 heavy (non-hydrogen) atoms. The molecule has 1 saturated carbocycles. The van der Waals surface area contributed by atoms with E-state index in [4.69, 9.17) is 9.47 Å². The molecular formula is C29H34N2O4. The molecule has 0 bridgehead atoms. The van der Waals surface area contributed by atoms with Crippen molar-refractivity contribution in [3.63, 3.8) is 0 Å². The van der Waals surface area contributed by atoms with Crippen molar-refractivity contribution in [2.75, 3.05) is 13.2 Å². The third kappa shape index (κ3) is 5.59. The molecule has 1 aliphatic carbocycles. The Morgan fingerprint density at radius 1 is 1.03 bits per heavy atom. The minimum Gasteiger partial charge on any atom is -0.482 e. The first-order valence-corrected chi connectivity index (χ1v) is 12.8. The van der Waals surface area contributed by atoms with E-state index in [0.717, 1.165) is 56.3 Å². The van der Waals surface area contributed by atoms with Gasteiger partial charge in [-0.05, 0) is 68.4 Å². The van der Waals surface area contributed by atoms with Gasteiger partial charge in [0.15, 0.2) is 5.76 Å². The molecule has 2 aromatic carbocycles. The zero-order valence-electron chi connectivity index (χ0n) is 20.4. The molecule has 3 fully saturated rings. The fourth-order valence-corrected chi connectivity index (χ4v) is 5.25. The first-order chi connectivity index (χ1) is 17.1. The summed E-state index contributed by atoms with van der Waals surface area (Å²) >= 11 is 0. The predicted molar refractivity (Wildman–Crippen MR) is 135 cm³/mol. The zero-order chi connectivity index (χ0) is 24.2. The Kier molecular flexibility index (Phi) is 7.19. The van der Waals surface area contributed by atoms with Crippen LogP contribution >= 0.6 is 0 Å². The van der Waals surface area contributed by atoms with Crippen molar-refractivity contribution < 1.29 is 19.1 Å². The molecule has 2 amide bonds. The fourth-order valence-electron chi connectivity index (χ4n) is 5.25. The molecule has 3 aliphatic rings. The van der Waals surface area contributed by atoms with Gasteiger partial charge in [-0.3, -0.25) is 9.59 Å². The van der Waals surface area contributed by atoms with Gasteiger partial charge in [0.05, 0.1) is 12.1 Å². The lowest BCUT2D eigenvalue weighted by atomic mass is 9.89. The van der Waals surface area contributed by atoms with E-state index in [0.29, 0.717) is 24.4 Å². The molecule has 2 heterocycles. The molecule has 6 heteroatoms. The highest BCUT2D eigenvalue weighted by molar-refractivity contribution is 5.97. The maximum Gasteiger partial charge on any atom is 0.289 e. The Hall–Kier alpha value is -3.12. The Bertz CT molecular complexity index is 1070. The number of nitrogens with zero attached hydrogens (tertiary/aromatic N) is 1. The summed E-state index contributed by atoms with van der Waals surface area (Å²) in [5, 5.41) is 2.95. The third-order valence-electron chi connectivity index (χ3n) is 7.28. The standard InChI is InChI=1S/C29H34N2O4/c1-20-8-10-22(11-9-20)19-31-25-6-2-3-7-26(25)35-27(29(31)33)17-21-12-14-23(15-13-21)28(32)30-18-24-5-4-16-34-24/h8-15,17,24-26H,2-7,16,18-19H2,1H3,(H,30,32)/b27-17+. The van der Waals surface area contributed by atoms with Gasteiger partial charge in [0.2, 0.25) is 0 Å². The molecule has 2 aromatic rings. The van der Waals surface area contributed by atoms with Crippen molar-refractivity contribution in [3.05, 3.63) is 76.5 Å². The molecule has 2 aliphatic heterocycles. The maximum absolute atomic E-state index is 13.5. The van der Waals surface area contributed by atoms with Crippen LogP contribution in [0.1, 0.15) is 65.6 Å². The van der Waals surface area contributed by atoms with Gasteiger partial charge in [-0.15, -0.1) is 0 Å². The molecule has 1 N–H and O–H groups in total. The molecule has 3 unspecified atom stereocenters. The Labute approximate surface area is 207 Å². The number of benzene rings is 2. The minimum absolute atomic E-state index is 0.0287. The summed E-state index contributed by atoms with van der Waals surface area (Å²) in [7, 11) is 0. The average molecular weight is 475 g/mol. The van der Waals surface area contributed by atoms with Gasteiger partial charge < -0.3 is 19.7 Å². The highest BCUT2D eigenvalue weighted by atomic mass is 16.5. The lowest BCUT2D eigenvalue weighted by Crippen LogP contribution is -2.54. The summed E-state index contributed by atoms with van der Waals surface area (Å²) in [5.41, 5.74) is 3.78. The molecule has 184 valence electrons. The van der Waals surface area contributed by atoms with Crippen molar-refractivity contribution in [3.8, 4) is 0 Å². The summed E-state index contributed by atoms with van der Waals surface area (Å²) in [6.07, 6.45) is 8.18. The van der Waals surface area contributed by atoms with Crippen molar-refractivity contribution in [2.24, 2.45) is 0 Å². The van der Waals surface area contributed by atoms with Crippen LogP contribution < -0.4 is 5.32 Å². The van der Waals surface area contributed by atoms with Crippen LogP contribution in [0.4, 0.5) is 0 Å². The first kappa shape index (κ1) is 23.6. The lowest BCUT2D eigenvalue weighted by Gasteiger charge is -2.44. The van der Waals surface area contributed by atoms with Crippen LogP contribution in [-0.4, -0.2) is 48.1 Å². The smallest absolute Gasteiger partial charge is 0.289 e. The number of fused-ring (bicyclic) bond motifs is 1. The second kappa shape index (κ2) is 10.6. The van der Waals surface area contributed by atoms with Crippen LogP contribution in [0.15, 0.2) is 54.3 Å². The number of aryl methyl sites for hydroxylation is 1. The van der Waals surface area contributed by atoms with Gasteiger partial charge in [0.1, 0.15) is 6.10 Å². The number of hydrogen-bond donors (Lipinski definition) is 1. The topological polar surface area (TPSA) is 67.9 Å². The van der Waals surface area contributed by atoms with E-state index in [2.05, 4.69) is 36.5 Å². The normalized spacial score (nSPS) is 25.3. The van der Waals surface area contributed by atoms with Crippen LogP contribution in [-0.2, 0) is 20.8 Å². The molecule has 6 nitrogen and oxygen atoms in total. The van der Waals surface area contributed by atoms with Gasteiger partial charge in [0.25, 0.3) is 11.8 Å². The molecule has 2 saturated heterocycles. The summed E-state index contributed by atoms with van der Waals surface area (Å²) in [6, 6.07) is 15.8. The number of ether oxygens (including phenoxy) is 2. The van der Waals surface area contributed by atoms with E-state index in [1.165, 1.54) is 5.56 Å². The van der Waals surface area contributed by atoms with E-state index >= 15 is 0 Å². The SMILES string of the molecule is Cc1ccc(CN2C(=O)/C(=C\c3ccc(C(=O)NCC4CCCO4)cc3)OC3CCCCC32)cc1. The molecule has 3 atom stereocenters. The number of nitrogens with one attached hydrogen (secondary N) is 1. The van der Waals surface area contributed by atoms with Gasteiger partial charge >= 0.3 is 0 Å². The number of hydrogen-bond acceptors (Lipinski definition) is 4. The van der Waals surface area contributed by atoms with Crippen LogP contribution in [0.3, 0.4) is 0 Å². The maximum atomic E-state index is 13.5. The lowest BCUT2D eigenvalue weighted by molar-refractivity contribution is -0.149. The number of amides is 2. The molecule has 0 radical (unpaired) electrons. The molecular weight excluding hydrogens is 440 g/mol. The fraction of sp³-hybridized carbons (Fsp3) is 0.448. The van der Waals surface area contributed by atoms with Gasteiger partial charge in [0, 0.05) is 25.3 Å². The third-order valence-corrected chi connectivity index (χ3v) is 7.28. The largest absolute Gasteiger partial charge is 0.482 e. The summed E-state index contributed by atoms with van der Waals surface area (Å²) < 4.78 is 11.8. The van der Waals surface area contributed by atoms with Gasteiger partial charge in [-0.25, -0.2) is 0 Å². The van der Waals surface area contributed by atoms with Crippen LogP contribution in [0, 0.1) is 6.92 Å². The summed E-state index contributed by atoms with van der Waals surface area (Å²) in [4.78, 5) is 28.0. The first-order valence-electron chi connectivity index (χ1n) is 12.8. The second-order valence-electron chi connectivity index (χ2n) is 9.90. The van der Waals surface area contributed by atoms with E-state index in [1.807, 2.05) is 23.1 Å².